The van der Waals surface area contributed by atoms with Gasteiger partial charge in [0.2, 0.25) is 5.88 Å². The van der Waals surface area contributed by atoms with E-state index in [2.05, 4.69) is 15.3 Å². The van der Waals surface area contributed by atoms with Crippen LogP contribution in [-0.4, -0.2) is 53.3 Å². The Hall–Kier alpha value is -3.37. The first-order valence-corrected chi connectivity index (χ1v) is 9.69. The second-order valence-corrected chi connectivity index (χ2v) is 7.21. The van der Waals surface area contributed by atoms with Crippen molar-refractivity contribution in [1.82, 2.24) is 14.9 Å². The molecule has 0 saturated carbocycles. The first kappa shape index (κ1) is 23.3. The molecule has 0 fully saturated rings. The summed E-state index contributed by atoms with van der Waals surface area (Å²) in [5.41, 5.74) is -0.217. The maximum absolute atomic E-state index is 13.2. The molecule has 2 N–H and O–H groups in total. The van der Waals surface area contributed by atoms with Gasteiger partial charge in [0.15, 0.2) is 0 Å². The number of hydrogen-bond acceptors (Lipinski definition) is 7. The van der Waals surface area contributed by atoms with Gasteiger partial charge in [0.1, 0.15) is 36.4 Å². The number of likely N-dealkylation sites (N-methyl/N-ethyl adjacent to an activating group) is 1. The minimum absolute atomic E-state index is 0.0333. The van der Waals surface area contributed by atoms with E-state index in [9.17, 15) is 18.3 Å². The van der Waals surface area contributed by atoms with Gasteiger partial charge in [-0.15, -0.1) is 0 Å². The maximum Gasteiger partial charge on any atom is 0.419 e. The molecular weight excluding hydrogens is 425 g/mol. The Morgan fingerprint density at radius 3 is 2.47 bits per heavy atom. The van der Waals surface area contributed by atoms with Crippen LogP contribution in [-0.2, 0) is 6.18 Å². The Balaban J connectivity index is 1.63. The highest BCUT2D eigenvalue weighted by Gasteiger charge is 2.34. The number of hydrogen-bond donors (Lipinski definition) is 2. The fourth-order valence-electron chi connectivity index (χ4n) is 2.82. The highest BCUT2D eigenvalue weighted by Crippen LogP contribution is 2.37. The number of rotatable bonds is 9. The third kappa shape index (κ3) is 6.82. The summed E-state index contributed by atoms with van der Waals surface area (Å²) >= 11 is 0. The van der Waals surface area contributed by atoms with Gasteiger partial charge < -0.3 is 24.8 Å². The van der Waals surface area contributed by atoms with E-state index in [0.29, 0.717) is 23.8 Å². The molecule has 7 nitrogen and oxygen atoms in total. The van der Waals surface area contributed by atoms with E-state index in [-0.39, 0.29) is 18.2 Å². The average molecular weight is 448 g/mol. The molecule has 10 heteroatoms. The molecule has 0 amide bonds. The lowest BCUT2D eigenvalue weighted by molar-refractivity contribution is -0.138. The minimum Gasteiger partial charge on any atom is -0.491 e. The second kappa shape index (κ2) is 10.3. The Kier molecular flexibility index (Phi) is 7.49. The number of para-hydroxylation sites is 1. The SMILES string of the molecule is CN(C)CC(O)COc1ccc(Nc2cc(Oc3ccccc3C(F)(F)F)ncn2)cc1. The highest BCUT2D eigenvalue weighted by molar-refractivity contribution is 5.57. The summed E-state index contributed by atoms with van der Waals surface area (Å²) in [6.45, 7) is 0.655. The molecule has 1 heterocycles. The monoisotopic (exact) mass is 448 g/mol. The van der Waals surface area contributed by atoms with Gasteiger partial charge in [-0.05, 0) is 50.5 Å². The zero-order valence-electron chi connectivity index (χ0n) is 17.5. The number of benzene rings is 2. The van der Waals surface area contributed by atoms with Crippen LogP contribution in [0.1, 0.15) is 5.56 Å². The number of ether oxygens (including phenoxy) is 2. The van der Waals surface area contributed by atoms with Gasteiger partial charge in [-0.25, -0.2) is 9.97 Å². The minimum atomic E-state index is -4.54. The average Bonchev–Trinajstić information content (AvgIpc) is 2.73. The quantitative estimate of drug-likeness (QED) is 0.504. The van der Waals surface area contributed by atoms with Crippen LogP contribution in [0.3, 0.4) is 0 Å². The highest BCUT2D eigenvalue weighted by atomic mass is 19.4. The van der Waals surface area contributed by atoms with Crippen molar-refractivity contribution in [3.05, 3.63) is 66.5 Å². The van der Waals surface area contributed by atoms with Crippen LogP contribution in [0.25, 0.3) is 0 Å². The van der Waals surface area contributed by atoms with E-state index in [0.717, 1.165) is 6.07 Å². The summed E-state index contributed by atoms with van der Waals surface area (Å²) in [4.78, 5) is 9.81. The molecule has 2 aromatic carbocycles. The molecule has 0 saturated heterocycles. The molecule has 1 aromatic heterocycles. The van der Waals surface area contributed by atoms with Gasteiger partial charge in [-0.3, -0.25) is 0 Å². The zero-order valence-corrected chi connectivity index (χ0v) is 17.5. The fourth-order valence-corrected chi connectivity index (χ4v) is 2.82. The van der Waals surface area contributed by atoms with Crippen molar-refractivity contribution in [3.8, 4) is 17.4 Å². The molecule has 170 valence electrons. The van der Waals surface area contributed by atoms with Gasteiger partial charge in [0.25, 0.3) is 0 Å². The molecule has 1 atom stereocenters. The number of halogens is 3. The molecular formula is C22H23F3N4O3. The summed E-state index contributed by atoms with van der Waals surface area (Å²) in [6, 6.07) is 13.3. The second-order valence-electron chi connectivity index (χ2n) is 7.21. The molecule has 3 aromatic rings. The van der Waals surface area contributed by atoms with Crippen molar-refractivity contribution in [1.29, 1.82) is 0 Å². The standard InChI is InChI=1S/C22H23F3N4O3/c1-29(2)12-16(30)13-31-17-9-7-15(8-10-17)28-20-11-21(27-14-26-20)32-19-6-4-3-5-18(19)22(23,24)25/h3-11,14,16,30H,12-13H2,1-2H3,(H,26,27,28). The Labute approximate surface area is 183 Å². The van der Waals surface area contributed by atoms with Crippen molar-refractivity contribution in [3.63, 3.8) is 0 Å². The van der Waals surface area contributed by atoms with Crippen LogP contribution >= 0.6 is 0 Å². The van der Waals surface area contributed by atoms with Crippen LogP contribution in [0.5, 0.6) is 17.4 Å². The molecule has 0 radical (unpaired) electrons. The van der Waals surface area contributed by atoms with Crippen molar-refractivity contribution >= 4 is 11.5 Å². The predicted octanol–water partition coefficient (Wildman–Crippen LogP) is 4.33. The summed E-state index contributed by atoms with van der Waals surface area (Å²) in [5.74, 6) is 0.551. The normalized spacial score (nSPS) is 12.5. The van der Waals surface area contributed by atoms with Gasteiger partial charge in [0.05, 0.1) is 5.56 Å². The third-order valence-corrected chi connectivity index (χ3v) is 4.19. The molecule has 0 aliphatic heterocycles. The number of aromatic nitrogens is 2. The number of aliphatic hydroxyl groups excluding tert-OH is 1. The predicted molar refractivity (Wildman–Crippen MR) is 113 cm³/mol. The van der Waals surface area contributed by atoms with E-state index in [4.69, 9.17) is 9.47 Å². The van der Waals surface area contributed by atoms with E-state index in [1.165, 1.54) is 30.6 Å². The topological polar surface area (TPSA) is 79.7 Å². The van der Waals surface area contributed by atoms with E-state index in [1.54, 1.807) is 24.3 Å². The molecule has 0 aliphatic carbocycles. The largest absolute Gasteiger partial charge is 0.491 e. The van der Waals surface area contributed by atoms with E-state index in [1.807, 2.05) is 19.0 Å². The van der Waals surface area contributed by atoms with Crippen LogP contribution in [0.2, 0.25) is 0 Å². The van der Waals surface area contributed by atoms with Gasteiger partial charge in [-0.1, -0.05) is 12.1 Å². The van der Waals surface area contributed by atoms with Gasteiger partial charge in [-0.2, -0.15) is 13.2 Å². The molecule has 0 aliphatic rings. The van der Waals surface area contributed by atoms with Crippen LogP contribution in [0.15, 0.2) is 60.9 Å². The van der Waals surface area contributed by atoms with Crippen molar-refractivity contribution in [2.45, 2.75) is 12.3 Å². The number of aliphatic hydroxyl groups is 1. The molecule has 0 bridgehead atoms. The third-order valence-electron chi connectivity index (χ3n) is 4.19. The Bertz CT molecular complexity index is 1010. The number of nitrogens with zero attached hydrogens (tertiary/aromatic N) is 3. The zero-order chi connectivity index (χ0) is 23.1. The summed E-state index contributed by atoms with van der Waals surface area (Å²) in [6.07, 6.45) is -3.96. The number of alkyl halides is 3. The van der Waals surface area contributed by atoms with Crippen LogP contribution in [0.4, 0.5) is 24.7 Å². The molecule has 3 rings (SSSR count). The fraction of sp³-hybridized carbons (Fsp3) is 0.273. The van der Waals surface area contributed by atoms with E-state index < -0.39 is 17.8 Å². The number of anilines is 2. The Morgan fingerprint density at radius 1 is 1.06 bits per heavy atom. The summed E-state index contributed by atoms with van der Waals surface area (Å²) in [5, 5.41) is 12.9. The molecule has 32 heavy (non-hydrogen) atoms. The van der Waals surface area contributed by atoms with Gasteiger partial charge >= 0.3 is 6.18 Å². The van der Waals surface area contributed by atoms with Gasteiger partial charge in [0, 0.05) is 18.3 Å². The first-order valence-electron chi connectivity index (χ1n) is 9.69. The van der Waals surface area contributed by atoms with E-state index >= 15 is 0 Å². The van der Waals surface area contributed by atoms with Crippen molar-refractivity contribution in [2.75, 3.05) is 32.6 Å². The molecule has 1 unspecified atom stereocenters. The number of nitrogens with one attached hydrogen (secondary N) is 1. The summed E-state index contributed by atoms with van der Waals surface area (Å²) in [7, 11) is 3.73. The smallest absolute Gasteiger partial charge is 0.419 e. The van der Waals surface area contributed by atoms with Crippen LogP contribution < -0.4 is 14.8 Å². The lowest BCUT2D eigenvalue weighted by Gasteiger charge is -2.16. The summed E-state index contributed by atoms with van der Waals surface area (Å²) < 4.78 is 50.4. The maximum atomic E-state index is 13.2. The van der Waals surface area contributed by atoms with Crippen molar-refractivity contribution < 1.29 is 27.8 Å². The van der Waals surface area contributed by atoms with Crippen LogP contribution in [0, 0.1) is 0 Å². The Morgan fingerprint density at radius 2 is 1.78 bits per heavy atom. The lowest BCUT2D eigenvalue weighted by Crippen LogP contribution is -2.30. The molecule has 0 spiro atoms. The lowest BCUT2D eigenvalue weighted by atomic mass is 10.2. The first-order chi connectivity index (χ1) is 15.2. The van der Waals surface area contributed by atoms with Crippen molar-refractivity contribution in [2.24, 2.45) is 0 Å².